The van der Waals surface area contributed by atoms with Gasteiger partial charge < -0.3 is 17.0 Å². The van der Waals surface area contributed by atoms with Crippen molar-refractivity contribution in [3.05, 3.63) is 87.9 Å². The van der Waals surface area contributed by atoms with Gasteiger partial charge in [-0.2, -0.15) is 0 Å². The van der Waals surface area contributed by atoms with Crippen molar-refractivity contribution < 1.29 is 30.3 Å². The number of hydrogen-bond donors (Lipinski definition) is 0. The van der Waals surface area contributed by atoms with E-state index < -0.39 is 0 Å². The first kappa shape index (κ1) is 18.9. The summed E-state index contributed by atoms with van der Waals surface area (Å²) in [5, 5.41) is 0.754. The maximum absolute atomic E-state index is 13.8. The van der Waals surface area contributed by atoms with Crippen molar-refractivity contribution in [3.8, 4) is 0 Å². The summed E-state index contributed by atoms with van der Waals surface area (Å²) in [5.74, 6) is -0.704. The van der Waals surface area contributed by atoms with Gasteiger partial charge in [-0.25, -0.2) is 17.9 Å². The van der Waals surface area contributed by atoms with E-state index in [2.05, 4.69) is 0 Å². The third-order valence-corrected chi connectivity index (χ3v) is 4.26. The van der Waals surface area contributed by atoms with Crippen LogP contribution in [0, 0.1) is 11.6 Å². The van der Waals surface area contributed by atoms with Crippen LogP contribution in [0.1, 0.15) is 11.1 Å². The fourth-order valence-corrected chi connectivity index (χ4v) is 2.80. The first-order valence-electron chi connectivity index (χ1n) is 6.95. The quantitative estimate of drug-likeness (QED) is 0.551. The van der Waals surface area contributed by atoms with Gasteiger partial charge in [0.1, 0.15) is 37.1 Å². The van der Waals surface area contributed by atoms with Gasteiger partial charge in [-0.1, -0.05) is 35.3 Å². The monoisotopic (exact) mass is 432 g/mol. The lowest BCUT2D eigenvalue weighted by Crippen LogP contribution is -3.00. The molecule has 0 atom stereocenters. The average Bonchev–Trinajstić information content (AvgIpc) is 2.95. The van der Waals surface area contributed by atoms with Crippen molar-refractivity contribution in [2.45, 2.75) is 13.1 Å². The summed E-state index contributed by atoms with van der Waals surface area (Å²) in [4.78, 5) is 0. The van der Waals surface area contributed by atoms with E-state index in [9.17, 15) is 8.78 Å². The molecule has 0 unspecified atom stereocenters. The summed E-state index contributed by atoms with van der Waals surface area (Å²) in [5.41, 5.74) is 0.835. The maximum atomic E-state index is 13.8. The van der Waals surface area contributed by atoms with Crippen molar-refractivity contribution in [2.24, 2.45) is 0 Å². The summed E-state index contributed by atoms with van der Waals surface area (Å²) in [6, 6.07) is 9.18. The first-order valence-corrected chi connectivity index (χ1v) is 7.71. The Hall–Kier alpha value is -1.43. The Morgan fingerprint density at radius 1 is 0.917 bits per heavy atom. The summed E-state index contributed by atoms with van der Waals surface area (Å²) in [6.45, 7) is 0.590. The van der Waals surface area contributed by atoms with Crippen molar-refractivity contribution >= 4 is 23.2 Å². The van der Waals surface area contributed by atoms with Crippen molar-refractivity contribution in [1.82, 2.24) is 4.57 Å². The lowest BCUT2D eigenvalue weighted by atomic mass is 10.2. The molecule has 0 amide bonds. The summed E-state index contributed by atoms with van der Waals surface area (Å²) in [6.07, 6.45) is 5.31. The number of hydrogen-bond acceptors (Lipinski definition) is 0. The zero-order chi connectivity index (χ0) is 16.4. The Morgan fingerprint density at radius 2 is 1.50 bits per heavy atom. The van der Waals surface area contributed by atoms with Gasteiger partial charge in [0.15, 0.2) is 0 Å². The van der Waals surface area contributed by atoms with Crippen LogP contribution >= 0.6 is 23.2 Å². The highest BCUT2D eigenvalue weighted by Crippen LogP contribution is 2.20. The lowest BCUT2D eigenvalue weighted by molar-refractivity contribution is -0.688. The maximum Gasteiger partial charge on any atom is 0.244 e. The molecule has 0 aliphatic heterocycles. The second-order valence-corrected chi connectivity index (χ2v) is 5.97. The average molecular weight is 434 g/mol. The summed E-state index contributed by atoms with van der Waals surface area (Å²) < 4.78 is 31.2. The number of nitrogens with zero attached hydrogens (tertiary/aromatic N) is 2. The van der Waals surface area contributed by atoms with Crippen LogP contribution in [0.25, 0.3) is 0 Å². The molecule has 0 fully saturated rings. The van der Waals surface area contributed by atoms with Crippen molar-refractivity contribution in [3.63, 3.8) is 0 Å². The molecule has 0 N–H and O–H groups in total. The second kappa shape index (κ2) is 8.10. The van der Waals surface area contributed by atoms with Gasteiger partial charge in [0, 0.05) is 11.1 Å². The van der Waals surface area contributed by atoms with E-state index in [1.807, 2.05) is 0 Å². The van der Waals surface area contributed by atoms with E-state index in [1.54, 1.807) is 52.1 Å². The van der Waals surface area contributed by atoms with Gasteiger partial charge in [0.25, 0.3) is 0 Å². The third kappa shape index (κ3) is 4.15. The molecule has 126 valence electrons. The topological polar surface area (TPSA) is 8.81 Å². The summed E-state index contributed by atoms with van der Waals surface area (Å²) >= 11 is 12.1. The number of halogens is 5. The van der Waals surface area contributed by atoms with Crippen LogP contribution in [-0.2, 0) is 13.1 Å². The molecule has 0 aliphatic rings. The zero-order valence-electron chi connectivity index (χ0n) is 12.4. The molecule has 0 aliphatic carbocycles. The molecule has 2 aromatic carbocycles. The molecule has 0 spiro atoms. The Morgan fingerprint density at radius 3 is 2.08 bits per heavy atom. The third-order valence-electron chi connectivity index (χ3n) is 3.55. The second-order valence-electron chi connectivity index (χ2n) is 5.16. The molecule has 1 heterocycles. The van der Waals surface area contributed by atoms with E-state index in [-0.39, 0.29) is 28.6 Å². The smallest absolute Gasteiger partial charge is 0.244 e. The molecular formula is C17H13BrCl2F2N2. The van der Waals surface area contributed by atoms with E-state index >= 15 is 0 Å². The Bertz CT molecular complexity index is 744. The minimum absolute atomic E-state index is 0. The van der Waals surface area contributed by atoms with E-state index in [0.29, 0.717) is 34.3 Å². The van der Waals surface area contributed by atoms with Crippen LogP contribution < -0.4 is 21.5 Å². The molecule has 3 aromatic rings. The molecule has 0 saturated heterocycles. The van der Waals surface area contributed by atoms with E-state index in [1.165, 1.54) is 12.1 Å². The highest BCUT2D eigenvalue weighted by Gasteiger charge is 2.14. The predicted octanol–water partition coefficient (Wildman–Crippen LogP) is 1.46. The highest BCUT2D eigenvalue weighted by molar-refractivity contribution is 6.31. The molecule has 2 nitrogen and oxygen atoms in total. The van der Waals surface area contributed by atoms with E-state index in [0.717, 1.165) is 0 Å². The van der Waals surface area contributed by atoms with Gasteiger partial charge in [-0.3, -0.25) is 0 Å². The molecule has 1 aromatic heterocycles. The number of rotatable bonds is 4. The van der Waals surface area contributed by atoms with Crippen LogP contribution in [-0.4, -0.2) is 4.57 Å². The molecule has 7 heteroatoms. The first-order chi connectivity index (χ1) is 11.0. The number of aromatic nitrogens is 2. The standard InChI is InChI=1S/C17H13Cl2F2N2.BrH/c18-14-3-1-5-16(20)12(14)9-22-7-8-23(11-22)10-13-15(19)4-2-6-17(13)21;/h1-8,11H,9-10H2;1H/q+1;/p-1. The zero-order valence-corrected chi connectivity index (χ0v) is 15.5. The number of benzene rings is 2. The van der Waals surface area contributed by atoms with Crippen LogP contribution in [0.5, 0.6) is 0 Å². The minimum Gasteiger partial charge on any atom is -1.00 e. The Balaban J connectivity index is 0.00000208. The largest absolute Gasteiger partial charge is 1.00 e. The number of imidazole rings is 1. The molecule has 3 rings (SSSR count). The normalized spacial score (nSPS) is 10.5. The predicted molar refractivity (Wildman–Crippen MR) is 85.7 cm³/mol. The molecular weight excluding hydrogens is 421 g/mol. The van der Waals surface area contributed by atoms with Gasteiger partial charge in [-0.15, -0.1) is 0 Å². The molecule has 0 saturated carbocycles. The Labute approximate surface area is 159 Å². The highest BCUT2D eigenvalue weighted by atomic mass is 79.9. The van der Waals surface area contributed by atoms with Crippen LogP contribution in [0.3, 0.4) is 0 Å². The fourth-order valence-electron chi connectivity index (χ4n) is 2.36. The summed E-state index contributed by atoms with van der Waals surface area (Å²) in [7, 11) is 0. The minimum atomic E-state index is -0.352. The van der Waals surface area contributed by atoms with Gasteiger partial charge in [0.2, 0.25) is 6.33 Å². The van der Waals surface area contributed by atoms with Gasteiger partial charge >= 0.3 is 0 Å². The van der Waals surface area contributed by atoms with Crippen molar-refractivity contribution in [2.75, 3.05) is 0 Å². The SMILES string of the molecule is Fc1cccc(Cl)c1Cn1cc[n+](Cc2c(F)cccc2Cl)c1.[Br-]. The lowest BCUT2D eigenvalue weighted by Gasteiger charge is -2.04. The molecule has 24 heavy (non-hydrogen) atoms. The Kier molecular flexibility index (Phi) is 6.38. The molecule has 0 bridgehead atoms. The van der Waals surface area contributed by atoms with E-state index in [4.69, 9.17) is 23.2 Å². The fraction of sp³-hybridized carbons (Fsp3) is 0.118. The van der Waals surface area contributed by atoms with Crippen LogP contribution in [0.15, 0.2) is 55.1 Å². The van der Waals surface area contributed by atoms with Crippen LogP contribution in [0.4, 0.5) is 8.78 Å². The van der Waals surface area contributed by atoms with Crippen LogP contribution in [0.2, 0.25) is 10.0 Å². The van der Waals surface area contributed by atoms with Crippen molar-refractivity contribution in [1.29, 1.82) is 0 Å². The molecule has 0 radical (unpaired) electrons. The van der Waals surface area contributed by atoms with Gasteiger partial charge in [-0.05, 0) is 24.3 Å². The van der Waals surface area contributed by atoms with Gasteiger partial charge in [0.05, 0.1) is 10.0 Å².